The van der Waals surface area contributed by atoms with Crippen molar-refractivity contribution < 1.29 is 75.6 Å². The van der Waals surface area contributed by atoms with Crippen LogP contribution in [-0.2, 0) is 63.2 Å². The van der Waals surface area contributed by atoms with Crippen LogP contribution in [-0.4, -0.2) is 26.2 Å². The number of rotatable bonds is 8. The van der Waals surface area contributed by atoms with E-state index in [2.05, 4.69) is 0 Å². The van der Waals surface area contributed by atoms with Gasteiger partial charge in [0, 0.05) is 0 Å². The van der Waals surface area contributed by atoms with Gasteiger partial charge in [0.2, 0.25) is 0 Å². The Balaban J connectivity index is -0.00000000727. The molecule has 170 valence electrons. The minimum Gasteiger partial charge on any atom is -1.00 e. The normalized spacial score (nSPS) is 5.28. The van der Waals surface area contributed by atoms with E-state index in [1.807, 2.05) is 0 Å². The average Bonchev–Trinajstić information content (AvgIpc) is 2.21. The van der Waals surface area contributed by atoms with E-state index in [-0.39, 0.29) is 119 Å². The predicted molar refractivity (Wildman–Crippen MR) is 101 cm³/mol. The van der Waals surface area contributed by atoms with Crippen LogP contribution in [0, 0.1) is 0 Å². The molecule has 0 aromatic carbocycles. The van der Waals surface area contributed by atoms with E-state index in [4.69, 9.17) is 22.9 Å². The van der Waals surface area contributed by atoms with Gasteiger partial charge in [-0.25, -0.2) is 0 Å². The molecule has 11 nitrogen and oxygen atoms in total. The Morgan fingerprint density at radius 1 is 0.320 bits per heavy atom. The molecule has 0 saturated carbocycles. The summed E-state index contributed by atoms with van der Waals surface area (Å²) in [5.74, 6) is 0. The van der Waals surface area contributed by atoms with Gasteiger partial charge < -0.3 is 78.4 Å². The van der Waals surface area contributed by atoms with Crippen LogP contribution in [0.3, 0.4) is 0 Å². The molecule has 0 amide bonds. The first-order chi connectivity index (χ1) is 6.83. The summed E-state index contributed by atoms with van der Waals surface area (Å²) in [6.45, 7) is 2.11. The van der Waals surface area contributed by atoms with Gasteiger partial charge in [-0.05, 0) is 0 Å². The van der Waals surface area contributed by atoms with Crippen molar-refractivity contribution in [3.05, 3.63) is 66.0 Å². The van der Waals surface area contributed by atoms with Crippen molar-refractivity contribution in [1.82, 2.24) is 0 Å². The molecule has 15 heteroatoms. The van der Waals surface area contributed by atoms with Gasteiger partial charge in [0.1, 0.15) is 0 Å². The third-order valence-electron chi connectivity index (χ3n) is 1.71. The van der Waals surface area contributed by atoms with Gasteiger partial charge in [-0.2, -0.15) is 26.2 Å². The first-order valence-electron chi connectivity index (χ1n) is 5.41. The van der Waals surface area contributed by atoms with Crippen LogP contribution in [0.1, 0.15) is 38.5 Å². The van der Waals surface area contributed by atoms with Gasteiger partial charge in [0.25, 0.3) is 0 Å². The molecule has 0 fully saturated rings. The van der Waals surface area contributed by atoms with Gasteiger partial charge in [-0.15, -0.1) is 0 Å². The van der Waals surface area contributed by atoms with Crippen molar-refractivity contribution in [2.75, 3.05) is 26.2 Å². The van der Waals surface area contributed by atoms with Crippen LogP contribution in [0.4, 0.5) is 0 Å². The van der Waals surface area contributed by atoms with E-state index in [1.165, 1.54) is 0 Å². The zero-order valence-corrected chi connectivity index (χ0v) is 22.0. The molecular formula is C10H38ClN11Pt3. The number of unbranched alkanes of at least 4 members (excludes halogenated alkanes) is 4. The quantitative estimate of drug-likeness (QED) is 0.234. The molecule has 0 bridgehead atoms. The van der Waals surface area contributed by atoms with Crippen LogP contribution in [0.25, 0.3) is 66.0 Å². The summed E-state index contributed by atoms with van der Waals surface area (Å²) in [6, 6.07) is 0. The van der Waals surface area contributed by atoms with E-state index >= 15 is 0 Å². The van der Waals surface area contributed by atoms with E-state index in [9.17, 15) is 0 Å². The minimum absolute atomic E-state index is 0. The Kier molecular flexibility index (Phi) is 423. The molecule has 0 spiro atoms. The molecule has 0 saturated heterocycles. The van der Waals surface area contributed by atoms with Crippen molar-refractivity contribution >= 4 is 0 Å². The smallest absolute Gasteiger partial charge is 1.00 e. The summed E-state index contributed by atoms with van der Waals surface area (Å²) in [5.41, 5.74) is 26.9. The second-order valence-corrected chi connectivity index (χ2v) is 3.12. The number of hydrogen-bond donors (Lipinski definition) is 0. The summed E-state index contributed by atoms with van der Waals surface area (Å²) in [4.78, 5) is 0. The zero-order chi connectivity index (χ0) is 11.1. The minimum atomic E-state index is 0. The molecule has 0 aromatic rings. The van der Waals surface area contributed by atoms with Gasteiger partial charge in [-0.1, -0.05) is 38.5 Å². The SMILES string of the molecule is [Cl-].[NH-]CCCCC[NH-].[NH-]CCCCC[NH-].[NH2-].[NH2-].[NH2-].[NH2-].[NH2-].[NH2-].[NH2-].[Pt+4].[Pt+4].[Pt+4]. The van der Waals surface area contributed by atoms with Crippen LogP contribution in [0.5, 0.6) is 0 Å². The molecule has 0 atom stereocenters. The Morgan fingerprint density at radius 3 is 0.520 bits per heavy atom. The molecule has 0 unspecified atom stereocenters. The summed E-state index contributed by atoms with van der Waals surface area (Å²) in [5, 5.41) is 0. The standard InChI is InChI=1S/2C5H12N2.ClH.7H2N.3Pt/c2*6-4-2-1-3-5-7;;;;;;;;;;;/h2*6-7H,1-5H2;1H;7*1H2;;;/q2*-2;;7*-1;3*+4/p-1. The van der Waals surface area contributed by atoms with Gasteiger partial charge in [0.15, 0.2) is 0 Å². The third-order valence-corrected chi connectivity index (χ3v) is 1.71. The average molecular weight is 933 g/mol. The number of nitrogens with two attached hydrogens (primary N) is 7. The Bertz CT molecular complexity index is 88.5. The Hall–Kier alpha value is 1.91. The van der Waals surface area contributed by atoms with E-state index in [0.717, 1.165) is 38.5 Å². The molecule has 18 N–H and O–H groups in total. The number of nitrogens with one attached hydrogen (secondary N) is 4. The van der Waals surface area contributed by atoms with Crippen molar-refractivity contribution in [3.63, 3.8) is 0 Å². The summed E-state index contributed by atoms with van der Waals surface area (Å²) >= 11 is 0. The zero-order valence-electron chi connectivity index (χ0n) is 14.4. The summed E-state index contributed by atoms with van der Waals surface area (Å²) in [7, 11) is 0. The van der Waals surface area contributed by atoms with Crippen LogP contribution in [0.15, 0.2) is 0 Å². The molecule has 25 heavy (non-hydrogen) atoms. The molecule has 0 heterocycles. The molecule has 0 aliphatic rings. The fraction of sp³-hybridized carbons (Fsp3) is 1.00. The Morgan fingerprint density at radius 2 is 0.440 bits per heavy atom. The maximum absolute atomic E-state index is 6.72. The number of halogens is 1. The topological polar surface area (TPSA) is 330 Å². The van der Waals surface area contributed by atoms with Crippen molar-refractivity contribution in [1.29, 1.82) is 0 Å². The Labute approximate surface area is 205 Å². The maximum atomic E-state index is 6.72. The van der Waals surface area contributed by atoms with E-state index in [0.29, 0.717) is 26.2 Å². The van der Waals surface area contributed by atoms with Crippen molar-refractivity contribution in [2.24, 2.45) is 0 Å². The molecule has 0 rings (SSSR count). The first kappa shape index (κ1) is 93.4. The molecular weight excluding hydrogens is 895 g/mol. The van der Waals surface area contributed by atoms with Gasteiger partial charge in [0.05, 0.1) is 0 Å². The largest absolute Gasteiger partial charge is 4.00 e. The second kappa shape index (κ2) is 113. The van der Waals surface area contributed by atoms with E-state index < -0.39 is 0 Å². The predicted octanol–water partition coefficient (Wildman–Crippen LogP) is 6.54. The number of hydrogen-bond acceptors (Lipinski definition) is 0. The third kappa shape index (κ3) is 151. The maximum Gasteiger partial charge on any atom is 4.00 e. The molecule has 0 aromatic heterocycles. The fourth-order valence-corrected chi connectivity index (χ4v) is 0.854. The van der Waals surface area contributed by atoms with Crippen LogP contribution >= 0.6 is 0 Å². The molecule has 0 aliphatic heterocycles. The molecule has 0 aliphatic carbocycles. The van der Waals surface area contributed by atoms with E-state index in [1.54, 1.807) is 0 Å². The second-order valence-electron chi connectivity index (χ2n) is 3.12. The summed E-state index contributed by atoms with van der Waals surface area (Å²) in [6.07, 6.45) is 6.01. The first-order valence-corrected chi connectivity index (χ1v) is 5.41. The van der Waals surface area contributed by atoms with Gasteiger partial charge >= 0.3 is 63.2 Å². The van der Waals surface area contributed by atoms with Crippen molar-refractivity contribution in [3.8, 4) is 0 Å². The summed E-state index contributed by atoms with van der Waals surface area (Å²) < 4.78 is 0. The van der Waals surface area contributed by atoms with Crippen molar-refractivity contribution in [2.45, 2.75) is 38.5 Å². The monoisotopic (exact) mass is 932 g/mol. The fourth-order valence-electron chi connectivity index (χ4n) is 0.854. The van der Waals surface area contributed by atoms with Gasteiger partial charge in [-0.3, -0.25) is 0 Å². The van der Waals surface area contributed by atoms with Crippen LogP contribution in [0.2, 0.25) is 0 Å². The molecule has 0 radical (unpaired) electrons. The van der Waals surface area contributed by atoms with Crippen LogP contribution < -0.4 is 12.4 Å².